The average molecular weight is 1180 g/mol. The molecule has 4 aromatic carbocycles. The van der Waals surface area contributed by atoms with Crippen molar-refractivity contribution >= 4 is 50.8 Å². The fourth-order valence-electron chi connectivity index (χ4n) is 13.1. The average Bonchev–Trinajstić information content (AvgIpc) is 2.32. The van der Waals surface area contributed by atoms with E-state index < -0.39 is 48.3 Å². The molecule has 6 atom stereocenters. The Morgan fingerprint density at radius 1 is 0.941 bits per heavy atom. The molecule has 0 unspecified atom stereocenters. The zero-order chi connectivity index (χ0) is 58.8. The number of carbonyl (C=O) groups is 2. The normalized spacial score (nSPS) is 20.8. The number of fused-ring (bicyclic) bond motifs is 4. The van der Waals surface area contributed by atoms with Crippen molar-refractivity contribution in [2.75, 3.05) is 50.8 Å². The monoisotopic (exact) mass is 1180 g/mol. The fraction of sp³-hybridized carbons (Fsp3) is 0.452. The number of piperidine rings is 1. The summed E-state index contributed by atoms with van der Waals surface area (Å²) in [5, 5.41) is 45.8. The SMILES string of the molecule is Cc1ncsc1-c1ccc([C@H](CO)NC(=O)[C@@H]2C[C@@H](O)CN2C(=O)[C@H](C(C)C)n2cc(-c3ccc(COc4c(-c5c(C)c(F)cc6[nH]ncc56)c(C5CC5)cc5c(N6C[C@@H]7C[C@H]6CN7)nc(OC6CCN(CC(F)F)CC6)nc45)cc3)nn2)cc1. The highest BCUT2D eigenvalue weighted by Gasteiger charge is 2.44. The quantitative estimate of drug-likeness (QED) is 0.0512. The molecule has 1 aliphatic carbocycles. The molecule has 4 aliphatic heterocycles. The van der Waals surface area contributed by atoms with Gasteiger partial charge in [-0.2, -0.15) is 15.1 Å². The number of nitrogens with zero attached hydrogens (tertiary/aromatic N) is 10. The Labute approximate surface area is 493 Å². The van der Waals surface area contributed by atoms with Crippen LogP contribution in [0.15, 0.2) is 78.6 Å². The van der Waals surface area contributed by atoms with Crippen molar-refractivity contribution in [3.63, 3.8) is 0 Å². The van der Waals surface area contributed by atoms with Crippen molar-refractivity contribution in [1.29, 1.82) is 0 Å². The Balaban J connectivity index is 0.786. The van der Waals surface area contributed by atoms with Crippen LogP contribution in [0.4, 0.5) is 19.0 Å². The lowest BCUT2D eigenvalue weighted by molar-refractivity contribution is -0.142. The van der Waals surface area contributed by atoms with E-state index in [0.717, 1.165) is 87.3 Å². The molecule has 1 saturated carbocycles. The predicted octanol–water partition coefficient (Wildman–Crippen LogP) is 8.43. The number of thiazole rings is 1. The Bertz CT molecular complexity index is 3770. The number of rotatable bonds is 19. The van der Waals surface area contributed by atoms with Crippen LogP contribution >= 0.6 is 11.3 Å². The molecule has 2 bridgehead atoms. The number of benzene rings is 4. The van der Waals surface area contributed by atoms with Crippen molar-refractivity contribution in [3.05, 3.63) is 112 Å². The van der Waals surface area contributed by atoms with E-state index in [9.17, 15) is 28.6 Å². The van der Waals surface area contributed by atoms with Crippen LogP contribution in [0.2, 0.25) is 0 Å². The summed E-state index contributed by atoms with van der Waals surface area (Å²) in [7, 11) is 0. The second kappa shape index (κ2) is 23.4. The molecule has 19 nitrogen and oxygen atoms in total. The lowest BCUT2D eigenvalue weighted by atomic mass is 9.88. The number of aryl methyl sites for hydroxylation is 1. The second-order valence-electron chi connectivity index (χ2n) is 23.8. The molecule has 85 heavy (non-hydrogen) atoms. The molecule has 4 saturated heterocycles. The molecule has 2 amide bonds. The van der Waals surface area contributed by atoms with Crippen LogP contribution in [-0.4, -0.2) is 155 Å². The number of aromatic nitrogens is 8. The number of anilines is 1. The molecular formula is C62H68F3N13O6S. The first kappa shape index (κ1) is 56.6. The van der Waals surface area contributed by atoms with E-state index in [1.165, 1.54) is 27.0 Å². The summed E-state index contributed by atoms with van der Waals surface area (Å²) in [5.41, 5.74) is 10.3. The van der Waals surface area contributed by atoms with E-state index in [-0.39, 0.29) is 62.7 Å². The van der Waals surface area contributed by atoms with Gasteiger partial charge in [0.15, 0.2) is 5.75 Å². The number of nitrogens with one attached hydrogen (secondary N) is 3. The maximum Gasteiger partial charge on any atom is 0.319 e. The van der Waals surface area contributed by atoms with Gasteiger partial charge in [-0.3, -0.25) is 19.6 Å². The van der Waals surface area contributed by atoms with Crippen molar-refractivity contribution in [1.82, 2.24) is 60.6 Å². The van der Waals surface area contributed by atoms with Crippen LogP contribution < -0.4 is 25.0 Å². The molecule has 444 valence electrons. The third-order valence-electron chi connectivity index (χ3n) is 17.7. The molecule has 5 N–H and O–H groups in total. The third kappa shape index (κ3) is 11.2. The van der Waals surface area contributed by atoms with Crippen molar-refractivity contribution in [2.45, 2.75) is 128 Å². The summed E-state index contributed by atoms with van der Waals surface area (Å²) in [6.45, 7) is 9.34. The van der Waals surface area contributed by atoms with Crippen LogP contribution in [-0.2, 0) is 16.2 Å². The number of ether oxygens (including phenoxy) is 2. The van der Waals surface area contributed by atoms with E-state index in [0.29, 0.717) is 71.1 Å². The number of carbonyl (C=O) groups excluding carboxylic acids is 2. The van der Waals surface area contributed by atoms with Crippen LogP contribution in [0.1, 0.15) is 98.3 Å². The molecule has 23 heteroatoms. The topological polar surface area (TPSA) is 225 Å². The van der Waals surface area contributed by atoms with Gasteiger partial charge < -0.3 is 40.1 Å². The molecule has 5 aliphatic rings. The number of aliphatic hydroxyl groups excluding tert-OH is 2. The van der Waals surface area contributed by atoms with Crippen molar-refractivity contribution in [2.24, 2.45) is 5.92 Å². The minimum absolute atomic E-state index is 0.0287. The third-order valence-corrected chi connectivity index (χ3v) is 18.7. The summed E-state index contributed by atoms with van der Waals surface area (Å²) in [4.78, 5) is 50.0. The number of H-pyrrole nitrogens is 1. The predicted molar refractivity (Wildman–Crippen MR) is 315 cm³/mol. The smallest absolute Gasteiger partial charge is 0.319 e. The zero-order valence-electron chi connectivity index (χ0n) is 47.7. The largest absolute Gasteiger partial charge is 0.486 e. The van der Waals surface area contributed by atoms with Crippen molar-refractivity contribution in [3.8, 4) is 44.6 Å². The molecule has 8 aromatic rings. The van der Waals surface area contributed by atoms with E-state index in [1.54, 1.807) is 29.7 Å². The van der Waals surface area contributed by atoms with Gasteiger partial charge in [0.2, 0.25) is 11.8 Å². The first-order chi connectivity index (χ1) is 41.2. The number of alkyl halides is 2. The highest BCUT2D eigenvalue weighted by Crippen LogP contribution is 2.54. The Hall–Kier alpha value is -7.57. The van der Waals surface area contributed by atoms with E-state index in [1.807, 2.05) is 69.3 Å². The number of hydrogen-bond acceptors (Lipinski definition) is 16. The number of likely N-dealkylation sites (tertiary alicyclic amines) is 2. The number of aliphatic hydroxyl groups is 2. The summed E-state index contributed by atoms with van der Waals surface area (Å²) in [6, 6.07) is 16.9. The fourth-order valence-corrected chi connectivity index (χ4v) is 13.9. The molecule has 8 heterocycles. The maximum atomic E-state index is 16.2. The highest BCUT2D eigenvalue weighted by atomic mass is 32.1. The summed E-state index contributed by atoms with van der Waals surface area (Å²) >= 11 is 1.53. The first-order valence-electron chi connectivity index (χ1n) is 29.4. The van der Waals surface area contributed by atoms with Crippen molar-refractivity contribution < 1.29 is 42.4 Å². The zero-order valence-corrected chi connectivity index (χ0v) is 48.5. The van der Waals surface area contributed by atoms with Gasteiger partial charge in [0.25, 0.3) is 6.43 Å². The number of piperazine rings is 1. The van der Waals surface area contributed by atoms with Gasteiger partial charge in [0.05, 0.1) is 59.3 Å². The van der Waals surface area contributed by atoms with Crippen LogP contribution in [0.25, 0.3) is 54.6 Å². The number of halogens is 3. The molecule has 0 radical (unpaired) electrons. The van der Waals surface area contributed by atoms with Gasteiger partial charge in [-0.15, -0.1) is 16.4 Å². The molecule has 4 aromatic heterocycles. The van der Waals surface area contributed by atoms with Crippen LogP contribution in [0, 0.1) is 25.6 Å². The van der Waals surface area contributed by atoms with Gasteiger partial charge in [0.1, 0.15) is 47.6 Å². The van der Waals surface area contributed by atoms with Gasteiger partial charge in [0, 0.05) is 78.7 Å². The van der Waals surface area contributed by atoms with Gasteiger partial charge in [-0.1, -0.05) is 67.6 Å². The Morgan fingerprint density at radius 3 is 2.40 bits per heavy atom. The maximum absolute atomic E-state index is 16.2. The van der Waals surface area contributed by atoms with Crippen LogP contribution in [0.5, 0.6) is 11.8 Å². The molecule has 5 fully saturated rings. The molecule has 0 spiro atoms. The minimum Gasteiger partial charge on any atom is -0.486 e. The second-order valence-corrected chi connectivity index (χ2v) is 24.7. The van der Waals surface area contributed by atoms with Crippen LogP contribution in [0.3, 0.4) is 0 Å². The van der Waals surface area contributed by atoms with Gasteiger partial charge in [-0.05, 0) is 97.7 Å². The van der Waals surface area contributed by atoms with Gasteiger partial charge >= 0.3 is 6.01 Å². The summed E-state index contributed by atoms with van der Waals surface area (Å²) < 4.78 is 58.3. The Morgan fingerprint density at radius 2 is 1.72 bits per heavy atom. The van der Waals surface area contributed by atoms with E-state index >= 15 is 4.39 Å². The number of aromatic amines is 1. The lowest BCUT2D eigenvalue weighted by Crippen LogP contribution is -2.50. The standard InChI is InChI=1S/C62H68F3N13O6S/c1-32(2)56(61(82)77-26-42(80)20-51(77)60(81)69-50(29-79)38-11-13-39(14-12-38)58-34(4)67-31-85-58)78-27-49(73-74-78)37-7-5-35(6-8-37)30-83-57-54(53-33(3)47(63)22-48-46(53)24-68-72-48)44(36-9-10-36)21-45-55(57)70-62(71-59(45)76-25-40-19-41(76)23-66-40)84-43-15-17-75(18-16-43)28-52(64)65/h5-8,11-14,21-22,24,27,31-32,36,40-43,50-52,56,66,79-80H,9-10,15-20,23,25-26,28-30H2,1-4H3,(H,68,72)(H,69,81)/t40-,41-,42+,50-,51-,56-/m0/s1. The molecule has 13 rings (SSSR count). The summed E-state index contributed by atoms with van der Waals surface area (Å²) in [6.07, 6.45) is 3.71. The molecular weight excluding hydrogens is 1110 g/mol. The summed E-state index contributed by atoms with van der Waals surface area (Å²) in [5.74, 6) is -0.197. The Kier molecular flexibility index (Phi) is 15.5. The van der Waals surface area contributed by atoms with E-state index in [2.05, 4.69) is 47.1 Å². The number of hydrogen-bond donors (Lipinski definition) is 5. The lowest BCUT2D eigenvalue weighted by Gasteiger charge is -2.32. The highest BCUT2D eigenvalue weighted by molar-refractivity contribution is 7.13. The van der Waals surface area contributed by atoms with Gasteiger partial charge in [-0.25, -0.2) is 22.8 Å². The van der Waals surface area contributed by atoms with E-state index in [4.69, 9.17) is 19.4 Å². The number of β-amino-alcohol motifs (C(OH)–C–C–N with tert-alkyl or cyclic N) is 1. The minimum atomic E-state index is -2.42. The first-order valence-corrected chi connectivity index (χ1v) is 30.3. The number of amides is 2.